The molecule has 23 heavy (non-hydrogen) atoms. The van der Waals surface area contributed by atoms with Gasteiger partial charge in [0.15, 0.2) is 0 Å². The van der Waals surface area contributed by atoms with Crippen LogP contribution in [-0.4, -0.2) is 18.6 Å². The molecule has 0 saturated heterocycles. The minimum atomic E-state index is -4.20. The third-order valence-electron chi connectivity index (χ3n) is 4.25. The van der Waals surface area contributed by atoms with Crippen LogP contribution in [0.25, 0.3) is 0 Å². The Kier molecular flexibility index (Phi) is 7.35. The van der Waals surface area contributed by atoms with Gasteiger partial charge in [0.25, 0.3) is 0 Å². The summed E-state index contributed by atoms with van der Waals surface area (Å²) < 4.78 is 37.1. The summed E-state index contributed by atoms with van der Waals surface area (Å²) in [6.07, 6.45) is -2.54. The molecule has 1 aromatic rings. The summed E-state index contributed by atoms with van der Waals surface area (Å²) in [5, 5.41) is 2.79. The lowest BCUT2D eigenvalue weighted by molar-refractivity contribution is -0.133. The molecule has 1 saturated carbocycles. The fourth-order valence-electron chi connectivity index (χ4n) is 3.03. The monoisotopic (exact) mass is 350 g/mol. The lowest BCUT2D eigenvalue weighted by Gasteiger charge is -2.19. The van der Waals surface area contributed by atoms with Gasteiger partial charge in [-0.25, -0.2) is 0 Å². The first-order valence-electron chi connectivity index (χ1n) is 7.56. The maximum Gasteiger partial charge on any atom is 0.389 e. The van der Waals surface area contributed by atoms with Crippen molar-refractivity contribution in [2.75, 3.05) is 11.9 Å². The van der Waals surface area contributed by atoms with Gasteiger partial charge in [-0.05, 0) is 43.4 Å². The number of aryl methyl sites for hydroxylation is 1. The van der Waals surface area contributed by atoms with E-state index in [-0.39, 0.29) is 36.6 Å². The summed E-state index contributed by atoms with van der Waals surface area (Å²) in [4.78, 5) is 12.3. The highest BCUT2D eigenvalue weighted by molar-refractivity contribution is 5.93. The van der Waals surface area contributed by atoms with Crippen molar-refractivity contribution < 1.29 is 18.0 Å². The summed E-state index contributed by atoms with van der Waals surface area (Å²) in [6, 6.07) is 6.66. The quantitative estimate of drug-likeness (QED) is 0.845. The standard InChI is InChI=1S/C16H21F3N2O.ClH/c17-16(18,19)9-8-11-4-1-2-7-14(11)21-15(22)13-6-3-5-12(13)10-20;/h1-2,4,7,12-13H,3,5-6,8-10,20H2,(H,21,22);1H/t12-,13-;/m1./s1. The van der Waals surface area contributed by atoms with E-state index in [0.717, 1.165) is 19.3 Å². The SMILES string of the molecule is Cl.NC[C@H]1CCC[C@H]1C(=O)Nc1ccccc1CCC(F)(F)F. The van der Waals surface area contributed by atoms with Gasteiger partial charge >= 0.3 is 6.18 Å². The van der Waals surface area contributed by atoms with E-state index < -0.39 is 12.6 Å². The average Bonchev–Trinajstić information content (AvgIpc) is 2.94. The summed E-state index contributed by atoms with van der Waals surface area (Å²) in [6.45, 7) is 0.466. The minimum absolute atomic E-state index is 0. The number of para-hydroxylation sites is 1. The highest BCUT2D eigenvalue weighted by atomic mass is 35.5. The summed E-state index contributed by atoms with van der Waals surface area (Å²) >= 11 is 0. The van der Waals surface area contributed by atoms with Crippen molar-refractivity contribution in [3.05, 3.63) is 29.8 Å². The largest absolute Gasteiger partial charge is 0.389 e. The third kappa shape index (κ3) is 5.70. The molecule has 0 heterocycles. The topological polar surface area (TPSA) is 55.1 Å². The Bertz CT molecular complexity index is 522. The number of nitrogens with two attached hydrogens (primary N) is 1. The molecule has 2 atom stereocenters. The number of rotatable bonds is 5. The number of anilines is 1. The zero-order valence-corrected chi connectivity index (χ0v) is 13.6. The average molecular weight is 351 g/mol. The van der Waals surface area contributed by atoms with E-state index in [1.165, 1.54) is 0 Å². The van der Waals surface area contributed by atoms with Gasteiger partial charge in [0.1, 0.15) is 0 Å². The number of carbonyl (C=O) groups is 1. The maximum atomic E-state index is 12.4. The highest BCUT2D eigenvalue weighted by Crippen LogP contribution is 2.32. The molecule has 3 N–H and O–H groups in total. The zero-order chi connectivity index (χ0) is 16.2. The summed E-state index contributed by atoms with van der Waals surface area (Å²) in [5.41, 5.74) is 6.66. The van der Waals surface area contributed by atoms with Crippen LogP contribution in [0.3, 0.4) is 0 Å². The molecular weight excluding hydrogens is 329 g/mol. The predicted molar refractivity (Wildman–Crippen MR) is 86.6 cm³/mol. The van der Waals surface area contributed by atoms with Gasteiger partial charge in [-0.15, -0.1) is 12.4 Å². The minimum Gasteiger partial charge on any atom is -0.330 e. The lowest BCUT2D eigenvalue weighted by atomic mass is 9.95. The molecule has 0 spiro atoms. The Morgan fingerprint density at radius 2 is 1.96 bits per heavy atom. The number of halogens is 4. The van der Waals surface area contributed by atoms with Crippen LogP contribution in [0.5, 0.6) is 0 Å². The molecule has 3 nitrogen and oxygen atoms in total. The Morgan fingerprint density at radius 3 is 2.61 bits per heavy atom. The van der Waals surface area contributed by atoms with Gasteiger partial charge in [-0.1, -0.05) is 24.6 Å². The molecule has 130 valence electrons. The Labute approximate surface area is 140 Å². The Morgan fingerprint density at radius 1 is 1.26 bits per heavy atom. The molecule has 1 fully saturated rings. The van der Waals surface area contributed by atoms with E-state index in [4.69, 9.17) is 5.73 Å². The van der Waals surface area contributed by atoms with Crippen molar-refractivity contribution >= 4 is 24.0 Å². The lowest BCUT2D eigenvalue weighted by Crippen LogP contribution is -2.30. The van der Waals surface area contributed by atoms with Gasteiger partial charge in [0.05, 0.1) is 0 Å². The molecule has 1 aromatic carbocycles. The van der Waals surface area contributed by atoms with Crippen molar-refractivity contribution in [2.45, 2.75) is 38.3 Å². The van der Waals surface area contributed by atoms with Crippen LogP contribution in [-0.2, 0) is 11.2 Å². The van der Waals surface area contributed by atoms with Crippen LogP contribution in [0.4, 0.5) is 18.9 Å². The highest BCUT2D eigenvalue weighted by Gasteiger charge is 2.32. The molecule has 2 rings (SSSR count). The first-order chi connectivity index (χ1) is 10.4. The van der Waals surface area contributed by atoms with Crippen molar-refractivity contribution in [1.82, 2.24) is 0 Å². The van der Waals surface area contributed by atoms with Crippen molar-refractivity contribution in [3.8, 4) is 0 Å². The second kappa shape index (κ2) is 8.55. The second-order valence-corrected chi connectivity index (χ2v) is 5.79. The molecule has 0 aliphatic heterocycles. The molecule has 0 aromatic heterocycles. The van der Waals surface area contributed by atoms with Crippen LogP contribution in [0.1, 0.15) is 31.2 Å². The number of hydrogen-bond acceptors (Lipinski definition) is 2. The van der Waals surface area contributed by atoms with Gasteiger partial charge in [0, 0.05) is 18.0 Å². The Hall–Kier alpha value is -1.27. The predicted octanol–water partition coefficient (Wildman–Crippen LogP) is 3.92. The number of carbonyl (C=O) groups excluding carboxylic acids is 1. The van der Waals surface area contributed by atoms with Crippen molar-refractivity contribution in [1.29, 1.82) is 0 Å². The maximum absolute atomic E-state index is 12.4. The third-order valence-corrected chi connectivity index (χ3v) is 4.25. The summed E-state index contributed by atoms with van der Waals surface area (Å²) in [7, 11) is 0. The zero-order valence-electron chi connectivity index (χ0n) is 12.7. The van der Waals surface area contributed by atoms with Crippen LogP contribution in [0.2, 0.25) is 0 Å². The van der Waals surface area contributed by atoms with E-state index in [2.05, 4.69) is 5.32 Å². The second-order valence-electron chi connectivity index (χ2n) is 5.79. The fraction of sp³-hybridized carbons (Fsp3) is 0.562. The van der Waals surface area contributed by atoms with Gasteiger partial charge < -0.3 is 11.1 Å². The van der Waals surface area contributed by atoms with E-state index in [1.807, 2.05) is 0 Å². The van der Waals surface area contributed by atoms with Crippen LogP contribution in [0.15, 0.2) is 24.3 Å². The molecule has 1 aliphatic rings. The van der Waals surface area contributed by atoms with E-state index in [0.29, 0.717) is 17.8 Å². The molecular formula is C16H22ClF3N2O. The van der Waals surface area contributed by atoms with E-state index >= 15 is 0 Å². The number of benzene rings is 1. The van der Waals surface area contributed by atoms with Gasteiger partial charge in [-0.2, -0.15) is 13.2 Å². The molecule has 0 bridgehead atoms. The van der Waals surface area contributed by atoms with Crippen molar-refractivity contribution in [3.63, 3.8) is 0 Å². The fourth-order valence-corrected chi connectivity index (χ4v) is 3.03. The molecule has 1 amide bonds. The van der Waals surface area contributed by atoms with E-state index in [9.17, 15) is 18.0 Å². The van der Waals surface area contributed by atoms with Crippen LogP contribution in [0, 0.1) is 11.8 Å². The number of alkyl halides is 3. The van der Waals surface area contributed by atoms with E-state index in [1.54, 1.807) is 24.3 Å². The van der Waals surface area contributed by atoms with Crippen LogP contribution >= 0.6 is 12.4 Å². The number of amides is 1. The first-order valence-corrected chi connectivity index (χ1v) is 7.56. The molecule has 0 unspecified atom stereocenters. The van der Waals surface area contributed by atoms with Crippen LogP contribution < -0.4 is 11.1 Å². The number of hydrogen-bond donors (Lipinski definition) is 2. The van der Waals surface area contributed by atoms with Gasteiger partial charge in [-0.3, -0.25) is 4.79 Å². The number of nitrogens with one attached hydrogen (secondary N) is 1. The summed E-state index contributed by atoms with van der Waals surface area (Å²) in [5.74, 6) is -0.101. The van der Waals surface area contributed by atoms with Gasteiger partial charge in [0.2, 0.25) is 5.91 Å². The van der Waals surface area contributed by atoms with Crippen molar-refractivity contribution in [2.24, 2.45) is 17.6 Å². The molecule has 0 radical (unpaired) electrons. The normalized spacial score (nSPS) is 20.9. The molecule has 7 heteroatoms. The smallest absolute Gasteiger partial charge is 0.330 e. The Balaban J connectivity index is 0.00000264. The molecule has 1 aliphatic carbocycles. The first kappa shape index (κ1) is 19.8.